The Bertz CT molecular complexity index is 767. The molecule has 1 saturated carbocycles. The molecule has 25 heavy (non-hydrogen) atoms. The molecule has 0 aliphatic heterocycles. The van der Waals surface area contributed by atoms with Gasteiger partial charge in [-0.1, -0.05) is 11.8 Å². The van der Waals surface area contributed by atoms with Crippen LogP contribution < -0.4 is 16.5 Å². The summed E-state index contributed by atoms with van der Waals surface area (Å²) < 4.78 is 0. The van der Waals surface area contributed by atoms with E-state index < -0.39 is 23.4 Å². The van der Waals surface area contributed by atoms with Crippen LogP contribution in [0.5, 0.6) is 0 Å². The average molecular weight is 339 g/mol. The van der Waals surface area contributed by atoms with E-state index in [-0.39, 0.29) is 0 Å². The van der Waals surface area contributed by atoms with E-state index in [1.54, 1.807) is 38.1 Å². The van der Waals surface area contributed by atoms with Crippen molar-refractivity contribution in [3.05, 3.63) is 35.4 Å². The zero-order valence-electron chi connectivity index (χ0n) is 14.2. The van der Waals surface area contributed by atoms with Crippen LogP contribution in [0.2, 0.25) is 0 Å². The highest BCUT2D eigenvalue weighted by Crippen LogP contribution is 2.27. The van der Waals surface area contributed by atoms with Crippen LogP contribution in [0.3, 0.4) is 0 Å². The van der Waals surface area contributed by atoms with Crippen molar-refractivity contribution in [1.82, 2.24) is 10.8 Å². The third kappa shape index (κ3) is 5.65. The van der Waals surface area contributed by atoms with Crippen molar-refractivity contribution in [1.29, 1.82) is 0 Å². The van der Waals surface area contributed by atoms with Gasteiger partial charge in [-0.25, -0.2) is 5.48 Å². The van der Waals surface area contributed by atoms with E-state index in [4.69, 9.17) is 10.9 Å². The lowest BCUT2D eigenvalue weighted by Crippen LogP contribution is -2.61. The van der Waals surface area contributed by atoms with Crippen LogP contribution in [0.15, 0.2) is 24.3 Å². The molecule has 6 heteroatoms. The number of hydrogen-bond acceptors (Lipinski definition) is 4. The summed E-state index contributed by atoms with van der Waals surface area (Å²) in [6.07, 6.45) is 2.32. The second-order valence-corrected chi connectivity index (χ2v) is 6.57. The number of hydroxylamine groups is 1. The Kier molecular flexibility index (Phi) is 5.82. The first-order valence-electron chi connectivity index (χ1n) is 7.96. The lowest BCUT2D eigenvalue weighted by molar-refractivity contribution is -0.132. The molecule has 0 aromatic heterocycles. The molecule has 0 radical (unpaired) electrons. The molecule has 1 aromatic carbocycles. The van der Waals surface area contributed by atoms with Gasteiger partial charge in [-0.15, -0.1) is 0 Å². The van der Waals surface area contributed by atoms with E-state index >= 15 is 0 Å². The van der Waals surface area contributed by atoms with E-state index in [1.165, 1.54) is 5.48 Å². The van der Waals surface area contributed by atoms with Crippen molar-refractivity contribution < 1.29 is 14.8 Å². The summed E-state index contributed by atoms with van der Waals surface area (Å²) in [5.41, 5.74) is 7.45. The minimum Gasteiger partial charge on any atom is -0.338 e. The Morgan fingerprint density at radius 3 is 2.40 bits per heavy atom. The van der Waals surface area contributed by atoms with Crippen LogP contribution in [0.1, 0.15) is 42.6 Å². The van der Waals surface area contributed by atoms with Gasteiger partial charge in [0.2, 0.25) is 0 Å². The van der Waals surface area contributed by atoms with Gasteiger partial charge in [0.25, 0.3) is 11.8 Å². The molecule has 2 amide bonds. The number of amides is 2. The third-order valence-corrected chi connectivity index (χ3v) is 3.66. The second-order valence-electron chi connectivity index (χ2n) is 6.57. The van der Waals surface area contributed by atoms with Crippen LogP contribution >= 0.6 is 0 Å². The van der Waals surface area contributed by atoms with Crippen molar-refractivity contribution >= 4 is 11.8 Å². The second kappa shape index (κ2) is 7.85. The number of carbonyl (C=O) groups excluding carboxylic acids is 2. The summed E-state index contributed by atoms with van der Waals surface area (Å²) in [6.45, 7) is 3.16. The normalized spacial score (nSPS) is 14.2. The Morgan fingerprint density at radius 2 is 1.88 bits per heavy atom. The molecule has 1 fully saturated rings. The predicted molar refractivity (Wildman–Crippen MR) is 93.3 cm³/mol. The lowest BCUT2D eigenvalue weighted by Gasteiger charge is -2.29. The number of carbonyl (C=O) groups is 2. The SMILES string of the molecule is CC(C)(N)C(NC(=O)c1ccc(C#CC#CC2CC2)cc1)C(=O)NO. The molecular weight excluding hydrogens is 318 g/mol. The average Bonchev–Trinajstić information content (AvgIpc) is 3.39. The molecule has 0 bridgehead atoms. The first-order valence-corrected chi connectivity index (χ1v) is 7.96. The number of nitrogens with two attached hydrogens (primary N) is 1. The summed E-state index contributed by atoms with van der Waals surface area (Å²) >= 11 is 0. The molecule has 6 nitrogen and oxygen atoms in total. The molecule has 1 atom stereocenters. The van der Waals surface area contributed by atoms with Crippen molar-refractivity contribution in [3.63, 3.8) is 0 Å². The fourth-order valence-corrected chi connectivity index (χ4v) is 2.04. The van der Waals surface area contributed by atoms with E-state index in [9.17, 15) is 9.59 Å². The highest BCUT2D eigenvalue weighted by atomic mass is 16.5. The van der Waals surface area contributed by atoms with E-state index in [1.807, 2.05) is 0 Å². The summed E-state index contributed by atoms with van der Waals surface area (Å²) in [6, 6.07) is 5.53. The Labute approximate surface area is 147 Å². The van der Waals surface area contributed by atoms with E-state index in [0.717, 1.165) is 18.4 Å². The van der Waals surface area contributed by atoms with Crippen molar-refractivity contribution in [2.24, 2.45) is 11.7 Å². The summed E-state index contributed by atoms with van der Waals surface area (Å²) in [4.78, 5) is 24.0. The van der Waals surface area contributed by atoms with Crippen LogP contribution in [-0.2, 0) is 4.79 Å². The maximum absolute atomic E-state index is 12.3. The van der Waals surface area contributed by atoms with Crippen LogP contribution in [0.25, 0.3) is 0 Å². The van der Waals surface area contributed by atoms with Gasteiger partial charge in [-0.3, -0.25) is 14.8 Å². The molecule has 1 aromatic rings. The van der Waals surface area contributed by atoms with Crippen molar-refractivity contribution in [3.8, 4) is 23.7 Å². The van der Waals surface area contributed by atoms with E-state index in [0.29, 0.717) is 11.5 Å². The Morgan fingerprint density at radius 1 is 1.24 bits per heavy atom. The molecule has 1 aliphatic carbocycles. The molecule has 1 aliphatic rings. The van der Waals surface area contributed by atoms with E-state index in [2.05, 4.69) is 29.0 Å². The highest BCUT2D eigenvalue weighted by Gasteiger charge is 2.33. The van der Waals surface area contributed by atoms with Gasteiger partial charge in [0.1, 0.15) is 6.04 Å². The molecule has 5 N–H and O–H groups in total. The molecule has 0 spiro atoms. The van der Waals surface area contributed by atoms with Crippen LogP contribution in [-0.4, -0.2) is 28.6 Å². The number of nitrogens with one attached hydrogen (secondary N) is 2. The first kappa shape index (κ1) is 18.5. The number of benzene rings is 1. The standard InChI is InChI=1S/C19H21N3O3/c1-19(2,20)16(18(24)22-25)21-17(23)15-11-9-14(10-12-15)6-4-3-5-13-7-8-13/h9-13,16,25H,7-8,20H2,1-2H3,(H,21,23)(H,22,24). The summed E-state index contributed by atoms with van der Waals surface area (Å²) in [5, 5.41) is 11.3. The van der Waals surface area contributed by atoms with Gasteiger partial charge in [0.05, 0.1) is 0 Å². The molecular formula is C19H21N3O3. The molecule has 0 saturated heterocycles. The zero-order chi connectivity index (χ0) is 18.4. The lowest BCUT2D eigenvalue weighted by atomic mass is 9.95. The van der Waals surface area contributed by atoms with Gasteiger partial charge >= 0.3 is 0 Å². The van der Waals surface area contributed by atoms with Crippen molar-refractivity contribution in [2.45, 2.75) is 38.3 Å². The maximum Gasteiger partial charge on any atom is 0.267 e. The molecule has 1 unspecified atom stereocenters. The van der Waals surface area contributed by atoms with Gasteiger partial charge in [0.15, 0.2) is 0 Å². The largest absolute Gasteiger partial charge is 0.338 e. The first-order chi connectivity index (χ1) is 11.8. The highest BCUT2D eigenvalue weighted by molar-refractivity contribution is 5.97. The maximum atomic E-state index is 12.3. The molecule has 130 valence electrons. The number of rotatable bonds is 4. The van der Waals surface area contributed by atoms with Crippen LogP contribution in [0, 0.1) is 29.6 Å². The quantitative estimate of drug-likeness (QED) is 0.370. The summed E-state index contributed by atoms with van der Waals surface area (Å²) in [5.74, 6) is 10.8. The van der Waals surface area contributed by atoms with Gasteiger partial charge in [-0.05, 0) is 62.8 Å². The van der Waals surface area contributed by atoms with Gasteiger partial charge in [-0.2, -0.15) is 0 Å². The summed E-state index contributed by atoms with van der Waals surface area (Å²) in [7, 11) is 0. The fraction of sp³-hybridized carbons (Fsp3) is 0.368. The predicted octanol–water partition coefficient (Wildman–Crippen LogP) is 0.793. The van der Waals surface area contributed by atoms with Gasteiger partial charge < -0.3 is 11.1 Å². The minimum absolute atomic E-state index is 0.356. The monoisotopic (exact) mass is 339 g/mol. The third-order valence-electron chi connectivity index (χ3n) is 3.66. The minimum atomic E-state index is -1.08. The fourth-order valence-electron chi connectivity index (χ4n) is 2.04. The number of hydrogen-bond donors (Lipinski definition) is 4. The topological polar surface area (TPSA) is 104 Å². The zero-order valence-corrected chi connectivity index (χ0v) is 14.2. The Balaban J connectivity index is 2.04. The molecule has 0 heterocycles. The van der Waals surface area contributed by atoms with Gasteiger partial charge in [0, 0.05) is 22.6 Å². The van der Waals surface area contributed by atoms with Crippen molar-refractivity contribution in [2.75, 3.05) is 0 Å². The Hall–Kier alpha value is -2.80. The van der Waals surface area contributed by atoms with Crippen LogP contribution in [0.4, 0.5) is 0 Å². The smallest absolute Gasteiger partial charge is 0.267 e. The molecule has 2 rings (SSSR count).